The molecule has 14 heavy (non-hydrogen) atoms. The minimum absolute atomic E-state index is 0.993. The van der Waals surface area contributed by atoms with Crippen molar-refractivity contribution in [3.63, 3.8) is 0 Å². The lowest BCUT2D eigenvalue weighted by Crippen LogP contribution is -2.12. The van der Waals surface area contributed by atoms with E-state index in [9.17, 15) is 0 Å². The number of rotatable bonds is 8. The van der Waals surface area contributed by atoms with Gasteiger partial charge in [-0.1, -0.05) is 78.1 Å². The van der Waals surface area contributed by atoms with Crippen LogP contribution in [0.3, 0.4) is 0 Å². The van der Waals surface area contributed by atoms with Crippen LogP contribution in [0.25, 0.3) is 0 Å². The summed E-state index contributed by atoms with van der Waals surface area (Å²) < 4.78 is 0. The Morgan fingerprint density at radius 2 is 1.86 bits per heavy atom. The summed E-state index contributed by atoms with van der Waals surface area (Å²) in [5.74, 6) is 2.11. The summed E-state index contributed by atoms with van der Waals surface area (Å²) in [4.78, 5) is 0. The first kappa shape index (κ1) is 12.1. The fourth-order valence-corrected chi connectivity index (χ4v) is 2.37. The predicted octanol–water partition coefficient (Wildman–Crippen LogP) is 5.17. The zero-order valence-corrected chi connectivity index (χ0v) is 10.2. The van der Waals surface area contributed by atoms with Gasteiger partial charge in [0.05, 0.1) is 0 Å². The lowest BCUT2D eigenvalue weighted by atomic mass is 9.80. The van der Waals surface area contributed by atoms with Crippen molar-refractivity contribution in [2.75, 3.05) is 0 Å². The van der Waals surface area contributed by atoms with Gasteiger partial charge in [0.15, 0.2) is 0 Å². The summed E-state index contributed by atoms with van der Waals surface area (Å²) in [5.41, 5.74) is 0. The van der Waals surface area contributed by atoms with Gasteiger partial charge in [-0.3, -0.25) is 0 Å². The van der Waals surface area contributed by atoms with Crippen molar-refractivity contribution < 1.29 is 0 Å². The number of hydrogen-bond acceptors (Lipinski definition) is 0. The van der Waals surface area contributed by atoms with Gasteiger partial charge in [-0.15, -0.1) is 0 Å². The van der Waals surface area contributed by atoms with E-state index in [0.717, 1.165) is 11.8 Å². The zero-order chi connectivity index (χ0) is 10.2. The molecule has 1 unspecified atom stereocenters. The largest absolute Gasteiger partial charge is 0.0654 e. The average molecular weight is 196 g/mol. The third kappa shape index (κ3) is 5.02. The molecular formula is C14H28. The van der Waals surface area contributed by atoms with E-state index in [-0.39, 0.29) is 0 Å². The molecule has 0 amide bonds. The van der Waals surface area contributed by atoms with Crippen LogP contribution in [0.4, 0.5) is 0 Å². The lowest BCUT2D eigenvalue weighted by molar-refractivity contribution is 0.268. The fourth-order valence-electron chi connectivity index (χ4n) is 2.37. The molecule has 1 saturated carbocycles. The van der Waals surface area contributed by atoms with Crippen LogP contribution in [0, 0.1) is 11.8 Å². The maximum absolute atomic E-state index is 2.45. The molecular weight excluding hydrogens is 168 g/mol. The Morgan fingerprint density at radius 1 is 1.07 bits per heavy atom. The maximum Gasteiger partial charge on any atom is -0.0414 e. The highest BCUT2D eigenvalue weighted by atomic mass is 14.2. The van der Waals surface area contributed by atoms with Crippen LogP contribution in [-0.2, 0) is 0 Å². The van der Waals surface area contributed by atoms with Gasteiger partial charge in [0, 0.05) is 0 Å². The quantitative estimate of drug-likeness (QED) is 0.470. The molecule has 0 radical (unpaired) electrons. The molecule has 0 saturated heterocycles. The first-order chi connectivity index (χ1) is 6.83. The Bertz CT molecular complexity index is 124. The highest BCUT2D eigenvalue weighted by Crippen LogP contribution is 2.32. The molecule has 0 nitrogen and oxygen atoms in total. The number of unbranched alkanes of at least 4 members (excludes halogenated alkanes) is 3. The van der Waals surface area contributed by atoms with Gasteiger partial charge < -0.3 is 0 Å². The van der Waals surface area contributed by atoms with Crippen molar-refractivity contribution in [1.82, 2.24) is 0 Å². The van der Waals surface area contributed by atoms with E-state index in [2.05, 4.69) is 13.8 Å². The van der Waals surface area contributed by atoms with Crippen molar-refractivity contribution in [1.29, 1.82) is 0 Å². The monoisotopic (exact) mass is 196 g/mol. The minimum Gasteiger partial charge on any atom is -0.0654 e. The molecule has 0 N–H and O–H groups in total. The highest BCUT2D eigenvalue weighted by molar-refractivity contribution is 4.70. The van der Waals surface area contributed by atoms with E-state index in [0.29, 0.717) is 0 Å². The molecule has 0 aliphatic heterocycles. The molecule has 1 aliphatic carbocycles. The molecule has 84 valence electrons. The van der Waals surface area contributed by atoms with Crippen molar-refractivity contribution in [3.05, 3.63) is 0 Å². The smallest absolute Gasteiger partial charge is 0.0414 e. The summed E-state index contributed by atoms with van der Waals surface area (Å²) in [6.45, 7) is 4.74. The minimum atomic E-state index is 0.993. The van der Waals surface area contributed by atoms with Gasteiger partial charge >= 0.3 is 0 Å². The Labute approximate surface area is 90.5 Å². The molecule has 1 rings (SSSR count). The van der Waals surface area contributed by atoms with Crippen molar-refractivity contribution in [2.45, 2.75) is 78.1 Å². The van der Waals surface area contributed by atoms with Crippen LogP contribution in [0.5, 0.6) is 0 Å². The van der Waals surface area contributed by atoms with Gasteiger partial charge in [-0.2, -0.15) is 0 Å². The second-order valence-corrected chi connectivity index (χ2v) is 5.33. The van der Waals surface area contributed by atoms with E-state index < -0.39 is 0 Å². The summed E-state index contributed by atoms with van der Waals surface area (Å²) >= 11 is 0. The van der Waals surface area contributed by atoms with Crippen LogP contribution in [0.1, 0.15) is 78.1 Å². The summed E-state index contributed by atoms with van der Waals surface area (Å²) in [6.07, 6.45) is 14.8. The van der Waals surface area contributed by atoms with Crippen LogP contribution < -0.4 is 0 Å². The van der Waals surface area contributed by atoms with Crippen molar-refractivity contribution >= 4 is 0 Å². The molecule has 1 atom stereocenters. The van der Waals surface area contributed by atoms with E-state index in [1.165, 1.54) is 64.2 Å². The summed E-state index contributed by atoms with van der Waals surface area (Å²) in [6, 6.07) is 0. The van der Waals surface area contributed by atoms with Crippen LogP contribution in [0.15, 0.2) is 0 Å². The first-order valence-corrected chi connectivity index (χ1v) is 6.83. The predicted molar refractivity (Wildman–Crippen MR) is 64.5 cm³/mol. The number of hydrogen-bond donors (Lipinski definition) is 0. The summed E-state index contributed by atoms with van der Waals surface area (Å²) in [5, 5.41) is 0. The van der Waals surface area contributed by atoms with Gasteiger partial charge in [0.2, 0.25) is 0 Å². The third-order valence-electron chi connectivity index (χ3n) is 3.84. The standard InChI is InChI=1S/C14H28/c1-3-4-5-6-8-13(2)11-12-14-9-7-10-14/h13-14H,3-12H2,1-2H3. The fraction of sp³-hybridized carbons (Fsp3) is 1.00. The second kappa shape index (κ2) is 7.31. The van der Waals surface area contributed by atoms with Crippen molar-refractivity contribution in [3.8, 4) is 0 Å². The van der Waals surface area contributed by atoms with Gasteiger partial charge in [0.1, 0.15) is 0 Å². The summed E-state index contributed by atoms with van der Waals surface area (Å²) in [7, 11) is 0. The van der Waals surface area contributed by atoms with E-state index in [4.69, 9.17) is 0 Å². The molecule has 0 bridgehead atoms. The maximum atomic E-state index is 2.45. The third-order valence-corrected chi connectivity index (χ3v) is 3.84. The average Bonchev–Trinajstić information content (AvgIpc) is 2.10. The Balaban J connectivity index is 1.84. The lowest BCUT2D eigenvalue weighted by Gasteiger charge is -2.26. The van der Waals surface area contributed by atoms with E-state index >= 15 is 0 Å². The van der Waals surface area contributed by atoms with Gasteiger partial charge in [-0.25, -0.2) is 0 Å². The van der Waals surface area contributed by atoms with Gasteiger partial charge in [0.25, 0.3) is 0 Å². The normalized spacial score (nSPS) is 19.3. The molecule has 0 aromatic heterocycles. The van der Waals surface area contributed by atoms with E-state index in [1.807, 2.05) is 0 Å². The molecule has 1 fully saturated rings. The topological polar surface area (TPSA) is 0 Å². The highest BCUT2D eigenvalue weighted by Gasteiger charge is 2.17. The van der Waals surface area contributed by atoms with Gasteiger partial charge in [-0.05, 0) is 11.8 Å². The Hall–Kier alpha value is 0. The molecule has 0 heteroatoms. The molecule has 0 heterocycles. The molecule has 1 aliphatic rings. The SMILES string of the molecule is CCCCCCC(C)CCC1CCC1. The second-order valence-electron chi connectivity index (χ2n) is 5.33. The Morgan fingerprint density at radius 3 is 2.43 bits per heavy atom. The van der Waals surface area contributed by atoms with Crippen LogP contribution in [-0.4, -0.2) is 0 Å². The molecule has 0 aromatic carbocycles. The Kier molecular flexibility index (Phi) is 6.31. The van der Waals surface area contributed by atoms with Crippen LogP contribution >= 0.6 is 0 Å². The molecule has 0 aromatic rings. The zero-order valence-electron chi connectivity index (χ0n) is 10.2. The van der Waals surface area contributed by atoms with E-state index in [1.54, 1.807) is 0 Å². The first-order valence-electron chi connectivity index (χ1n) is 6.83. The molecule has 0 spiro atoms. The van der Waals surface area contributed by atoms with Crippen molar-refractivity contribution in [2.24, 2.45) is 11.8 Å². The van der Waals surface area contributed by atoms with Crippen LogP contribution in [0.2, 0.25) is 0 Å².